The maximum atomic E-state index is 11.9. The van der Waals surface area contributed by atoms with Crippen molar-refractivity contribution in [2.24, 2.45) is 0 Å². The van der Waals surface area contributed by atoms with E-state index in [1.165, 1.54) is 16.4 Å². The van der Waals surface area contributed by atoms with Crippen molar-refractivity contribution in [1.82, 2.24) is 9.03 Å². The predicted molar refractivity (Wildman–Crippen MR) is 78.3 cm³/mol. The lowest BCUT2D eigenvalue weighted by Crippen LogP contribution is -2.33. The Morgan fingerprint density at radius 2 is 1.70 bits per heavy atom. The van der Waals surface area contributed by atoms with Gasteiger partial charge in [0, 0.05) is 19.6 Å². The Kier molecular flexibility index (Phi) is 6.12. The number of nitrogens with zero attached hydrogens (tertiary/aromatic N) is 1. The summed E-state index contributed by atoms with van der Waals surface area (Å²) < 4.78 is 50.3. The normalized spacial score (nSPS) is 12.8. The summed E-state index contributed by atoms with van der Waals surface area (Å²) in [6.45, 7) is 2.62. The molecule has 0 bridgehead atoms. The molecule has 0 amide bonds. The Morgan fingerprint density at radius 1 is 1.10 bits per heavy atom. The highest BCUT2D eigenvalue weighted by Gasteiger charge is 2.15. The molecule has 0 spiro atoms. The van der Waals surface area contributed by atoms with E-state index in [0.717, 1.165) is 6.26 Å². The SMILES string of the molecule is CCN(CCCNS(=O)(=O)c1ccccc1)S(C)(=O)=O. The molecule has 0 heterocycles. The van der Waals surface area contributed by atoms with Gasteiger partial charge in [-0.15, -0.1) is 0 Å². The van der Waals surface area contributed by atoms with Crippen LogP contribution in [0.1, 0.15) is 13.3 Å². The lowest BCUT2D eigenvalue weighted by molar-refractivity contribution is 0.424. The molecule has 114 valence electrons. The van der Waals surface area contributed by atoms with Gasteiger partial charge in [0.2, 0.25) is 20.0 Å². The average Bonchev–Trinajstić information content (AvgIpc) is 2.38. The smallest absolute Gasteiger partial charge is 0.213 e. The van der Waals surface area contributed by atoms with E-state index in [-0.39, 0.29) is 11.4 Å². The molecule has 1 aromatic rings. The van der Waals surface area contributed by atoms with Crippen molar-refractivity contribution in [2.45, 2.75) is 18.2 Å². The maximum absolute atomic E-state index is 11.9. The van der Waals surface area contributed by atoms with Gasteiger partial charge >= 0.3 is 0 Å². The van der Waals surface area contributed by atoms with Crippen LogP contribution < -0.4 is 4.72 Å². The number of hydrogen-bond acceptors (Lipinski definition) is 4. The van der Waals surface area contributed by atoms with Crippen LogP contribution in [0.25, 0.3) is 0 Å². The van der Waals surface area contributed by atoms with Crippen LogP contribution in [0.2, 0.25) is 0 Å². The van der Waals surface area contributed by atoms with Gasteiger partial charge in [0.1, 0.15) is 0 Å². The van der Waals surface area contributed by atoms with Crippen LogP contribution in [-0.4, -0.2) is 47.0 Å². The summed E-state index contributed by atoms with van der Waals surface area (Å²) in [5.74, 6) is 0. The van der Waals surface area contributed by atoms with Crippen molar-refractivity contribution in [3.63, 3.8) is 0 Å². The number of benzene rings is 1. The van der Waals surface area contributed by atoms with E-state index in [0.29, 0.717) is 19.5 Å². The minimum Gasteiger partial charge on any atom is -0.213 e. The summed E-state index contributed by atoms with van der Waals surface area (Å²) in [7, 11) is -6.75. The Labute approximate surface area is 120 Å². The summed E-state index contributed by atoms with van der Waals surface area (Å²) in [6.07, 6.45) is 1.57. The average molecular weight is 320 g/mol. The van der Waals surface area contributed by atoms with E-state index in [2.05, 4.69) is 4.72 Å². The number of nitrogens with one attached hydrogen (secondary N) is 1. The monoisotopic (exact) mass is 320 g/mol. The van der Waals surface area contributed by atoms with Crippen molar-refractivity contribution in [3.8, 4) is 0 Å². The minimum atomic E-state index is -3.52. The first-order valence-corrected chi connectivity index (χ1v) is 9.60. The lowest BCUT2D eigenvalue weighted by atomic mass is 10.4. The van der Waals surface area contributed by atoms with E-state index in [9.17, 15) is 16.8 Å². The molecule has 6 nitrogen and oxygen atoms in total. The van der Waals surface area contributed by atoms with Gasteiger partial charge in [-0.05, 0) is 18.6 Å². The highest BCUT2D eigenvalue weighted by Crippen LogP contribution is 2.07. The van der Waals surface area contributed by atoms with Crippen molar-refractivity contribution in [2.75, 3.05) is 25.9 Å². The molecule has 0 saturated heterocycles. The fourth-order valence-corrected chi connectivity index (χ4v) is 3.73. The molecule has 0 aliphatic rings. The maximum Gasteiger partial charge on any atom is 0.240 e. The fourth-order valence-electron chi connectivity index (χ4n) is 1.70. The Morgan fingerprint density at radius 3 is 2.20 bits per heavy atom. The molecule has 0 unspecified atom stereocenters. The molecule has 1 aromatic carbocycles. The summed E-state index contributed by atoms with van der Waals surface area (Å²) in [5.41, 5.74) is 0. The molecule has 0 atom stereocenters. The quantitative estimate of drug-likeness (QED) is 0.712. The van der Waals surface area contributed by atoms with E-state index in [1.54, 1.807) is 25.1 Å². The van der Waals surface area contributed by atoms with E-state index in [4.69, 9.17) is 0 Å². The second-order valence-electron chi connectivity index (χ2n) is 4.32. The lowest BCUT2D eigenvalue weighted by Gasteiger charge is -2.17. The first kappa shape index (κ1) is 17.1. The van der Waals surface area contributed by atoms with Crippen molar-refractivity contribution < 1.29 is 16.8 Å². The minimum absolute atomic E-state index is 0.198. The van der Waals surface area contributed by atoms with Gasteiger partial charge in [-0.3, -0.25) is 0 Å². The summed E-state index contributed by atoms with van der Waals surface area (Å²) in [5, 5.41) is 0. The molecule has 0 fully saturated rings. The van der Waals surface area contributed by atoms with E-state index in [1.807, 2.05) is 0 Å². The van der Waals surface area contributed by atoms with Crippen molar-refractivity contribution >= 4 is 20.0 Å². The van der Waals surface area contributed by atoms with Gasteiger partial charge in [0.25, 0.3) is 0 Å². The fraction of sp³-hybridized carbons (Fsp3) is 0.500. The number of sulfonamides is 2. The van der Waals surface area contributed by atoms with Crippen LogP contribution >= 0.6 is 0 Å². The molecule has 1 rings (SSSR count). The van der Waals surface area contributed by atoms with Crippen LogP contribution in [0.15, 0.2) is 35.2 Å². The van der Waals surface area contributed by atoms with Crippen LogP contribution in [0.3, 0.4) is 0 Å². The molecule has 0 radical (unpaired) electrons. The van der Waals surface area contributed by atoms with Crippen LogP contribution in [0.5, 0.6) is 0 Å². The molecular weight excluding hydrogens is 300 g/mol. The molecule has 8 heteroatoms. The standard InChI is InChI=1S/C12H20N2O4S2/c1-3-14(19(2,15)16)11-7-10-13-20(17,18)12-8-5-4-6-9-12/h4-6,8-9,13H,3,7,10-11H2,1-2H3. The highest BCUT2D eigenvalue weighted by atomic mass is 32.2. The van der Waals surface area contributed by atoms with Gasteiger partial charge < -0.3 is 0 Å². The Hall–Kier alpha value is -0.960. The van der Waals surface area contributed by atoms with Gasteiger partial charge in [-0.2, -0.15) is 0 Å². The summed E-state index contributed by atoms with van der Waals surface area (Å²) in [4.78, 5) is 0.204. The third-order valence-electron chi connectivity index (χ3n) is 2.75. The predicted octanol–water partition coefficient (Wildman–Crippen LogP) is 0.636. The van der Waals surface area contributed by atoms with Crippen LogP contribution in [0, 0.1) is 0 Å². The topological polar surface area (TPSA) is 83.6 Å². The Bertz CT molecular complexity index is 612. The molecule has 0 aliphatic heterocycles. The van der Waals surface area contributed by atoms with Crippen LogP contribution in [0.4, 0.5) is 0 Å². The molecule has 0 aromatic heterocycles. The summed E-state index contributed by atoms with van der Waals surface area (Å²) in [6, 6.07) is 8.06. The molecular formula is C12H20N2O4S2. The third-order valence-corrected chi connectivity index (χ3v) is 5.61. The van der Waals surface area contributed by atoms with Gasteiger partial charge in [-0.1, -0.05) is 25.1 Å². The number of rotatable bonds is 8. The third kappa shape index (κ3) is 5.20. The largest absolute Gasteiger partial charge is 0.240 e. The van der Waals surface area contributed by atoms with Gasteiger partial charge in [0.15, 0.2) is 0 Å². The first-order chi connectivity index (χ1) is 9.27. The van der Waals surface area contributed by atoms with Gasteiger partial charge in [-0.25, -0.2) is 25.9 Å². The zero-order valence-corrected chi connectivity index (χ0v) is 13.2. The van der Waals surface area contributed by atoms with E-state index < -0.39 is 20.0 Å². The molecule has 0 saturated carbocycles. The summed E-state index contributed by atoms with van der Waals surface area (Å²) >= 11 is 0. The van der Waals surface area contributed by atoms with Gasteiger partial charge in [0.05, 0.1) is 11.2 Å². The molecule has 20 heavy (non-hydrogen) atoms. The zero-order valence-electron chi connectivity index (χ0n) is 11.6. The highest BCUT2D eigenvalue weighted by molar-refractivity contribution is 7.89. The van der Waals surface area contributed by atoms with Crippen LogP contribution in [-0.2, 0) is 20.0 Å². The number of hydrogen-bond donors (Lipinski definition) is 1. The second-order valence-corrected chi connectivity index (χ2v) is 8.07. The molecule has 1 N–H and O–H groups in total. The first-order valence-electron chi connectivity index (χ1n) is 6.27. The van der Waals surface area contributed by atoms with E-state index >= 15 is 0 Å². The van der Waals surface area contributed by atoms with Crippen molar-refractivity contribution in [1.29, 1.82) is 0 Å². The zero-order chi connectivity index (χ0) is 15.2. The second kappa shape index (κ2) is 7.16. The van der Waals surface area contributed by atoms with Crippen molar-refractivity contribution in [3.05, 3.63) is 30.3 Å². The Balaban J connectivity index is 2.49. The molecule has 0 aliphatic carbocycles.